The SMILES string of the molecule is COC(=O)C1C(C)=NC(C)=C(C(=O)OCCN2CCN(C(c3ccccc3)c3ccccc3)CC2)C1c1ccccc1Cl. The van der Waals surface area contributed by atoms with Crippen LogP contribution >= 0.6 is 11.6 Å². The molecule has 1 saturated heterocycles. The van der Waals surface area contributed by atoms with E-state index in [-0.39, 0.29) is 12.6 Å². The van der Waals surface area contributed by atoms with E-state index in [1.54, 1.807) is 19.9 Å². The molecular weight excluding hydrogens is 562 g/mol. The van der Waals surface area contributed by atoms with Crippen LogP contribution in [-0.2, 0) is 19.1 Å². The van der Waals surface area contributed by atoms with Crippen molar-refractivity contribution in [3.8, 4) is 0 Å². The number of allylic oxidation sites excluding steroid dienone is 1. The van der Waals surface area contributed by atoms with Crippen molar-refractivity contribution in [2.75, 3.05) is 46.4 Å². The lowest BCUT2D eigenvalue weighted by molar-refractivity contribution is -0.144. The fraction of sp³-hybridized carbons (Fsp3) is 0.343. The molecule has 2 aliphatic heterocycles. The summed E-state index contributed by atoms with van der Waals surface area (Å²) in [6.07, 6.45) is 0. The van der Waals surface area contributed by atoms with Crippen LogP contribution in [-0.4, -0.2) is 73.9 Å². The Morgan fingerprint density at radius 1 is 0.884 bits per heavy atom. The zero-order chi connectivity index (χ0) is 30.3. The van der Waals surface area contributed by atoms with Gasteiger partial charge < -0.3 is 9.47 Å². The highest BCUT2D eigenvalue weighted by Crippen LogP contribution is 2.42. The predicted molar refractivity (Wildman–Crippen MR) is 169 cm³/mol. The molecule has 3 aromatic carbocycles. The number of aliphatic imine (C=N–C) groups is 1. The molecule has 0 radical (unpaired) electrons. The molecular formula is C35H38ClN3O4. The normalized spacial score (nSPS) is 19.7. The zero-order valence-electron chi connectivity index (χ0n) is 24.9. The van der Waals surface area contributed by atoms with Gasteiger partial charge in [0.15, 0.2) is 0 Å². The van der Waals surface area contributed by atoms with E-state index < -0.39 is 23.8 Å². The first-order chi connectivity index (χ1) is 20.9. The number of hydrogen-bond donors (Lipinski definition) is 0. The number of rotatable bonds is 9. The summed E-state index contributed by atoms with van der Waals surface area (Å²) >= 11 is 6.58. The number of ether oxygens (including phenoxy) is 2. The average molecular weight is 600 g/mol. The Morgan fingerprint density at radius 3 is 2.05 bits per heavy atom. The molecule has 2 atom stereocenters. The van der Waals surface area contributed by atoms with E-state index in [9.17, 15) is 9.59 Å². The summed E-state index contributed by atoms with van der Waals surface area (Å²) in [6.45, 7) is 7.93. The third-order valence-electron chi connectivity index (χ3n) is 8.39. The monoisotopic (exact) mass is 599 g/mol. The van der Waals surface area contributed by atoms with E-state index in [2.05, 4.69) is 75.5 Å². The Balaban J connectivity index is 1.24. The summed E-state index contributed by atoms with van der Waals surface area (Å²) in [5.74, 6) is -2.38. The van der Waals surface area contributed by atoms with Crippen molar-refractivity contribution in [1.82, 2.24) is 9.80 Å². The smallest absolute Gasteiger partial charge is 0.336 e. The predicted octanol–water partition coefficient (Wildman–Crippen LogP) is 5.91. The van der Waals surface area contributed by atoms with Gasteiger partial charge in [-0.2, -0.15) is 0 Å². The summed E-state index contributed by atoms with van der Waals surface area (Å²) < 4.78 is 10.9. The summed E-state index contributed by atoms with van der Waals surface area (Å²) in [5, 5.41) is 0.469. The largest absolute Gasteiger partial charge is 0.468 e. The van der Waals surface area contributed by atoms with E-state index in [0.717, 1.165) is 26.2 Å². The summed E-state index contributed by atoms with van der Waals surface area (Å²) in [4.78, 5) is 35.9. The highest BCUT2D eigenvalue weighted by molar-refractivity contribution is 6.31. The molecule has 7 nitrogen and oxygen atoms in total. The second kappa shape index (κ2) is 14.1. The number of hydrogen-bond acceptors (Lipinski definition) is 7. The first-order valence-electron chi connectivity index (χ1n) is 14.7. The number of benzene rings is 3. The molecule has 2 unspecified atom stereocenters. The number of halogens is 1. The van der Waals surface area contributed by atoms with E-state index in [1.807, 2.05) is 18.2 Å². The topological polar surface area (TPSA) is 71.4 Å². The van der Waals surface area contributed by atoms with E-state index in [0.29, 0.717) is 34.1 Å². The lowest BCUT2D eigenvalue weighted by Crippen LogP contribution is -2.48. The zero-order valence-corrected chi connectivity index (χ0v) is 25.7. The molecule has 0 aliphatic carbocycles. The minimum atomic E-state index is -0.772. The van der Waals surface area contributed by atoms with Gasteiger partial charge in [0.25, 0.3) is 0 Å². The highest BCUT2D eigenvalue weighted by Gasteiger charge is 2.43. The van der Waals surface area contributed by atoms with Crippen molar-refractivity contribution < 1.29 is 19.1 Å². The summed E-state index contributed by atoms with van der Waals surface area (Å²) in [6, 6.07) is 28.7. The molecule has 43 heavy (non-hydrogen) atoms. The number of carbonyl (C=O) groups is 2. The summed E-state index contributed by atoms with van der Waals surface area (Å²) in [5.41, 5.74) is 4.67. The number of methoxy groups -OCH3 is 1. The van der Waals surface area contributed by atoms with Crippen molar-refractivity contribution in [1.29, 1.82) is 0 Å². The first-order valence-corrected chi connectivity index (χ1v) is 15.1. The number of nitrogens with zero attached hydrogens (tertiary/aromatic N) is 3. The fourth-order valence-corrected chi connectivity index (χ4v) is 6.53. The minimum Gasteiger partial charge on any atom is -0.468 e. The van der Waals surface area contributed by atoms with Gasteiger partial charge in [-0.15, -0.1) is 0 Å². The Labute approximate surface area is 258 Å². The molecule has 0 N–H and O–H groups in total. The number of piperazine rings is 1. The van der Waals surface area contributed by atoms with Crippen LogP contribution in [0.1, 0.15) is 42.5 Å². The lowest BCUT2D eigenvalue weighted by Gasteiger charge is -2.39. The minimum absolute atomic E-state index is 0.192. The maximum absolute atomic E-state index is 13.6. The van der Waals surface area contributed by atoms with Gasteiger partial charge in [-0.3, -0.25) is 19.6 Å². The highest BCUT2D eigenvalue weighted by atomic mass is 35.5. The maximum Gasteiger partial charge on any atom is 0.336 e. The van der Waals surface area contributed by atoms with E-state index in [4.69, 9.17) is 21.1 Å². The van der Waals surface area contributed by atoms with Crippen LogP contribution in [0.2, 0.25) is 5.02 Å². The number of carbonyl (C=O) groups excluding carboxylic acids is 2. The van der Waals surface area contributed by atoms with Gasteiger partial charge in [0.05, 0.1) is 18.7 Å². The lowest BCUT2D eigenvalue weighted by atomic mass is 9.75. The van der Waals surface area contributed by atoms with Crippen molar-refractivity contribution >= 4 is 29.3 Å². The van der Waals surface area contributed by atoms with Crippen LogP contribution in [0, 0.1) is 5.92 Å². The van der Waals surface area contributed by atoms with Crippen molar-refractivity contribution in [3.05, 3.63) is 118 Å². The molecule has 224 valence electrons. The van der Waals surface area contributed by atoms with Crippen LogP contribution in [0.3, 0.4) is 0 Å². The van der Waals surface area contributed by atoms with Crippen LogP contribution in [0.4, 0.5) is 0 Å². The standard InChI is InChI=1S/C35H38ClN3O4/c1-24-30(34(40)42-3)32(28-16-10-11-17-29(28)36)31(25(2)37-24)35(41)43-23-22-38-18-20-39(21-19-38)33(26-12-6-4-7-13-26)27-14-8-5-9-15-27/h4-17,30,32-33H,18-23H2,1-3H3. The van der Waals surface area contributed by atoms with Crippen molar-refractivity contribution in [2.45, 2.75) is 25.8 Å². The van der Waals surface area contributed by atoms with Gasteiger partial charge >= 0.3 is 11.9 Å². The molecule has 8 heteroatoms. The first kappa shape index (κ1) is 30.7. The third-order valence-corrected chi connectivity index (χ3v) is 8.73. The second-order valence-electron chi connectivity index (χ2n) is 11.0. The molecule has 0 spiro atoms. The van der Waals surface area contributed by atoms with Gasteiger partial charge in [-0.1, -0.05) is 90.5 Å². The Bertz CT molecular complexity index is 1440. The molecule has 0 saturated carbocycles. The molecule has 1 fully saturated rings. The molecule has 5 rings (SSSR count). The molecule has 0 bridgehead atoms. The van der Waals surface area contributed by atoms with Gasteiger partial charge in [0, 0.05) is 55.1 Å². The van der Waals surface area contributed by atoms with Gasteiger partial charge in [0.2, 0.25) is 0 Å². The van der Waals surface area contributed by atoms with Crippen LogP contribution in [0.15, 0.2) is 101 Å². The molecule has 3 aromatic rings. The Hall–Kier alpha value is -3.78. The van der Waals surface area contributed by atoms with Crippen LogP contribution in [0.25, 0.3) is 0 Å². The Kier molecular flexibility index (Phi) is 10.1. The third kappa shape index (κ3) is 6.90. The van der Waals surface area contributed by atoms with Gasteiger partial charge in [-0.05, 0) is 36.6 Å². The van der Waals surface area contributed by atoms with Crippen LogP contribution < -0.4 is 0 Å². The molecule has 0 amide bonds. The molecule has 2 heterocycles. The molecule has 2 aliphatic rings. The van der Waals surface area contributed by atoms with Gasteiger partial charge in [0.1, 0.15) is 12.5 Å². The Morgan fingerprint density at radius 2 is 1.47 bits per heavy atom. The quantitative estimate of drug-likeness (QED) is 0.285. The maximum atomic E-state index is 13.6. The van der Waals surface area contributed by atoms with Gasteiger partial charge in [-0.25, -0.2) is 4.79 Å². The molecule has 0 aromatic heterocycles. The fourth-order valence-electron chi connectivity index (χ4n) is 6.27. The summed E-state index contributed by atoms with van der Waals surface area (Å²) in [7, 11) is 1.34. The number of esters is 2. The second-order valence-corrected chi connectivity index (χ2v) is 11.4. The van der Waals surface area contributed by atoms with Crippen molar-refractivity contribution in [2.24, 2.45) is 10.9 Å². The van der Waals surface area contributed by atoms with Crippen molar-refractivity contribution in [3.63, 3.8) is 0 Å². The average Bonchev–Trinajstić information content (AvgIpc) is 3.02. The van der Waals surface area contributed by atoms with E-state index >= 15 is 0 Å². The van der Waals surface area contributed by atoms with E-state index in [1.165, 1.54) is 18.2 Å². The van der Waals surface area contributed by atoms with Crippen LogP contribution in [0.5, 0.6) is 0 Å².